The molecule has 2 N–H and O–H groups in total. The Morgan fingerprint density at radius 2 is 1.82 bits per heavy atom. The van der Waals surface area contributed by atoms with Crippen molar-refractivity contribution in [3.8, 4) is 0 Å². The van der Waals surface area contributed by atoms with Crippen LogP contribution < -0.4 is 10.0 Å². The van der Waals surface area contributed by atoms with Gasteiger partial charge in [0.1, 0.15) is 12.2 Å². The van der Waals surface area contributed by atoms with Crippen molar-refractivity contribution in [3.63, 3.8) is 0 Å². The highest BCUT2D eigenvalue weighted by atomic mass is 32.2. The molecule has 1 heterocycles. The highest BCUT2D eigenvalue weighted by Crippen LogP contribution is 2.23. The van der Waals surface area contributed by atoms with Gasteiger partial charge in [-0.3, -0.25) is 9.59 Å². The molecule has 8 nitrogen and oxygen atoms in total. The van der Waals surface area contributed by atoms with Crippen molar-refractivity contribution in [1.82, 2.24) is 19.8 Å². The lowest BCUT2D eigenvalue weighted by atomic mass is 9.93. The Labute approximate surface area is 164 Å². The SMILES string of the molecule is Cc1nn(CC(=O)NC2CCC2)c(C(=O)CNS(=O)(=O)C2CCCCC2)c1F. The van der Waals surface area contributed by atoms with E-state index in [1.54, 1.807) is 0 Å². The second-order valence-electron chi connectivity index (χ2n) is 7.65. The molecule has 0 unspecified atom stereocenters. The fraction of sp³-hybridized carbons (Fsp3) is 0.722. The molecule has 156 valence electrons. The summed E-state index contributed by atoms with van der Waals surface area (Å²) in [6.07, 6.45) is 6.71. The van der Waals surface area contributed by atoms with Crippen molar-refractivity contribution < 1.29 is 22.4 Å². The molecule has 28 heavy (non-hydrogen) atoms. The zero-order valence-electron chi connectivity index (χ0n) is 16.0. The summed E-state index contributed by atoms with van der Waals surface area (Å²) >= 11 is 0. The summed E-state index contributed by atoms with van der Waals surface area (Å²) in [5.74, 6) is -1.91. The van der Waals surface area contributed by atoms with Gasteiger partial charge in [0, 0.05) is 6.04 Å². The first-order valence-corrected chi connectivity index (χ1v) is 11.4. The Balaban J connectivity index is 1.66. The van der Waals surface area contributed by atoms with Crippen LogP contribution in [0.2, 0.25) is 0 Å². The van der Waals surface area contributed by atoms with Gasteiger partial charge in [0.25, 0.3) is 0 Å². The van der Waals surface area contributed by atoms with E-state index in [-0.39, 0.29) is 29.9 Å². The minimum Gasteiger partial charge on any atom is -0.352 e. The number of Topliss-reactive ketones (excluding diaryl/α,β-unsaturated/α-hetero) is 1. The molecule has 3 rings (SSSR count). The summed E-state index contributed by atoms with van der Waals surface area (Å²) in [5, 5.41) is 6.24. The van der Waals surface area contributed by atoms with Crippen LogP contribution in [0.1, 0.15) is 67.5 Å². The minimum atomic E-state index is -3.64. The quantitative estimate of drug-likeness (QED) is 0.626. The number of hydrogen-bond acceptors (Lipinski definition) is 5. The molecule has 0 radical (unpaired) electrons. The molecule has 2 aliphatic carbocycles. The predicted octanol–water partition coefficient (Wildman–Crippen LogP) is 1.43. The number of hydrogen-bond donors (Lipinski definition) is 2. The van der Waals surface area contributed by atoms with E-state index in [2.05, 4.69) is 15.1 Å². The number of ketones is 1. The number of sulfonamides is 1. The van der Waals surface area contributed by atoms with Gasteiger partial charge in [0.15, 0.2) is 11.6 Å². The molecule has 1 amide bonds. The Bertz CT molecular complexity index is 842. The third kappa shape index (κ3) is 4.78. The van der Waals surface area contributed by atoms with Gasteiger partial charge in [0.05, 0.1) is 17.5 Å². The Kier molecular flexibility index (Phi) is 6.49. The van der Waals surface area contributed by atoms with Gasteiger partial charge >= 0.3 is 0 Å². The largest absolute Gasteiger partial charge is 0.352 e. The highest BCUT2D eigenvalue weighted by molar-refractivity contribution is 7.90. The Morgan fingerprint density at radius 3 is 2.43 bits per heavy atom. The van der Waals surface area contributed by atoms with E-state index in [4.69, 9.17) is 0 Å². The Hall–Kier alpha value is -1.81. The fourth-order valence-corrected chi connectivity index (χ4v) is 5.17. The topological polar surface area (TPSA) is 110 Å². The molecule has 0 bridgehead atoms. The molecular weight excluding hydrogens is 387 g/mol. The molecule has 1 aromatic rings. The molecule has 0 atom stereocenters. The van der Waals surface area contributed by atoms with Crippen molar-refractivity contribution in [1.29, 1.82) is 0 Å². The van der Waals surface area contributed by atoms with E-state index < -0.39 is 33.4 Å². The number of carbonyl (C=O) groups is 2. The smallest absolute Gasteiger partial charge is 0.241 e. The van der Waals surface area contributed by atoms with Crippen LogP contribution in [0.25, 0.3) is 0 Å². The van der Waals surface area contributed by atoms with Crippen molar-refractivity contribution in [2.75, 3.05) is 6.54 Å². The second-order valence-corrected chi connectivity index (χ2v) is 9.70. The first-order valence-electron chi connectivity index (χ1n) is 9.82. The van der Waals surface area contributed by atoms with Gasteiger partial charge in [-0.2, -0.15) is 5.10 Å². The summed E-state index contributed by atoms with van der Waals surface area (Å²) in [6.45, 7) is 0.571. The number of carbonyl (C=O) groups excluding carboxylic acids is 2. The lowest BCUT2D eigenvalue weighted by Crippen LogP contribution is -2.42. The maximum Gasteiger partial charge on any atom is 0.241 e. The lowest BCUT2D eigenvalue weighted by Gasteiger charge is -2.26. The van der Waals surface area contributed by atoms with Crippen LogP contribution in [0.4, 0.5) is 4.39 Å². The zero-order chi connectivity index (χ0) is 20.3. The molecule has 0 spiro atoms. The van der Waals surface area contributed by atoms with Gasteiger partial charge in [-0.1, -0.05) is 19.3 Å². The molecule has 2 saturated carbocycles. The van der Waals surface area contributed by atoms with Crippen LogP contribution in [0.15, 0.2) is 0 Å². The van der Waals surface area contributed by atoms with E-state index in [0.29, 0.717) is 12.8 Å². The first-order chi connectivity index (χ1) is 13.3. The normalized spacial score (nSPS) is 18.6. The van der Waals surface area contributed by atoms with Crippen molar-refractivity contribution in [2.45, 2.75) is 76.1 Å². The summed E-state index contributed by atoms with van der Waals surface area (Å²) in [5.41, 5.74) is -0.373. The standard InChI is InChI=1S/C18H27FN4O4S/c1-12-17(19)18(23(22-12)11-16(25)21-13-6-5-7-13)15(24)10-20-28(26,27)14-8-3-2-4-9-14/h13-14,20H,2-11H2,1H3,(H,21,25). The van der Waals surface area contributed by atoms with Crippen molar-refractivity contribution >= 4 is 21.7 Å². The van der Waals surface area contributed by atoms with E-state index in [1.807, 2.05) is 0 Å². The number of aryl methyl sites for hydroxylation is 1. The highest BCUT2D eigenvalue weighted by Gasteiger charge is 2.30. The van der Waals surface area contributed by atoms with Gasteiger partial charge < -0.3 is 5.32 Å². The molecule has 0 saturated heterocycles. The third-order valence-corrected chi connectivity index (χ3v) is 7.40. The number of amides is 1. The molecule has 0 aliphatic heterocycles. The van der Waals surface area contributed by atoms with E-state index in [0.717, 1.165) is 43.2 Å². The van der Waals surface area contributed by atoms with Crippen LogP contribution in [0.3, 0.4) is 0 Å². The van der Waals surface area contributed by atoms with E-state index in [1.165, 1.54) is 6.92 Å². The molecular formula is C18H27FN4O4S. The fourth-order valence-electron chi connectivity index (χ4n) is 3.65. The molecule has 2 fully saturated rings. The number of nitrogens with one attached hydrogen (secondary N) is 2. The average Bonchev–Trinajstić information content (AvgIpc) is 2.91. The number of rotatable bonds is 8. The lowest BCUT2D eigenvalue weighted by molar-refractivity contribution is -0.123. The van der Waals surface area contributed by atoms with E-state index in [9.17, 15) is 22.4 Å². The molecule has 10 heteroatoms. The maximum absolute atomic E-state index is 14.4. The summed E-state index contributed by atoms with van der Waals surface area (Å²) in [6, 6.07) is 0.121. The van der Waals surface area contributed by atoms with Crippen molar-refractivity contribution in [2.24, 2.45) is 0 Å². The molecule has 0 aromatic carbocycles. The summed E-state index contributed by atoms with van der Waals surface area (Å²) in [4.78, 5) is 24.7. The van der Waals surface area contributed by atoms with Crippen LogP contribution >= 0.6 is 0 Å². The van der Waals surface area contributed by atoms with Crippen LogP contribution in [-0.2, 0) is 21.4 Å². The molecule has 1 aromatic heterocycles. The Morgan fingerprint density at radius 1 is 1.14 bits per heavy atom. The van der Waals surface area contributed by atoms with Gasteiger partial charge in [-0.15, -0.1) is 0 Å². The van der Waals surface area contributed by atoms with Crippen LogP contribution in [-0.4, -0.2) is 47.7 Å². The molecule has 2 aliphatic rings. The summed E-state index contributed by atoms with van der Waals surface area (Å²) in [7, 11) is -3.64. The van der Waals surface area contributed by atoms with Crippen LogP contribution in [0, 0.1) is 12.7 Å². The zero-order valence-corrected chi connectivity index (χ0v) is 16.9. The number of aromatic nitrogens is 2. The van der Waals surface area contributed by atoms with Crippen LogP contribution in [0.5, 0.6) is 0 Å². The first kappa shape index (κ1) is 20.9. The monoisotopic (exact) mass is 414 g/mol. The van der Waals surface area contributed by atoms with Gasteiger partial charge in [-0.25, -0.2) is 22.2 Å². The van der Waals surface area contributed by atoms with Crippen molar-refractivity contribution in [3.05, 3.63) is 17.2 Å². The predicted molar refractivity (Wildman–Crippen MR) is 101 cm³/mol. The summed E-state index contributed by atoms with van der Waals surface area (Å²) < 4.78 is 42.5. The van der Waals surface area contributed by atoms with Gasteiger partial charge in [0.2, 0.25) is 15.9 Å². The maximum atomic E-state index is 14.4. The second kappa shape index (κ2) is 8.69. The van der Waals surface area contributed by atoms with Gasteiger partial charge in [-0.05, 0) is 39.0 Å². The number of nitrogens with zero attached hydrogens (tertiary/aromatic N) is 2. The van der Waals surface area contributed by atoms with E-state index >= 15 is 0 Å². The average molecular weight is 415 g/mol. The number of halogens is 1. The minimum absolute atomic E-state index is 0.00469. The third-order valence-electron chi connectivity index (χ3n) is 5.51.